The molecule has 1 N–H and O–H groups in total. The quantitative estimate of drug-likeness (QED) is 0.298. The Balaban J connectivity index is 1.62. The van der Waals surface area contributed by atoms with Crippen molar-refractivity contribution in [2.75, 3.05) is 13.7 Å². The van der Waals surface area contributed by atoms with Crippen LogP contribution in [0.3, 0.4) is 0 Å². The fourth-order valence-electron chi connectivity index (χ4n) is 2.99. The standard InChI is InChI=1S/C22H22IN3O3/c1-15-12-17(16(2)26(15)19-10-8-18(23)9-11-19)13-24-25-22(27)14-29-21-7-5-4-6-20(21)28-3/h4-13H,14H2,1-3H3,(H,25,27)/b24-13+. The van der Waals surface area contributed by atoms with Crippen molar-refractivity contribution in [1.82, 2.24) is 9.99 Å². The summed E-state index contributed by atoms with van der Waals surface area (Å²) in [6.07, 6.45) is 1.65. The van der Waals surface area contributed by atoms with E-state index >= 15 is 0 Å². The van der Waals surface area contributed by atoms with Gasteiger partial charge in [-0.3, -0.25) is 4.79 Å². The fraction of sp³-hybridized carbons (Fsp3) is 0.182. The number of hydrogen-bond donors (Lipinski definition) is 1. The molecule has 150 valence electrons. The van der Waals surface area contributed by atoms with E-state index in [2.05, 4.69) is 62.0 Å². The normalized spacial score (nSPS) is 10.9. The molecule has 0 aliphatic carbocycles. The molecule has 0 saturated carbocycles. The molecule has 0 fully saturated rings. The average molecular weight is 503 g/mol. The minimum absolute atomic E-state index is 0.153. The highest BCUT2D eigenvalue weighted by molar-refractivity contribution is 14.1. The largest absolute Gasteiger partial charge is 0.493 e. The van der Waals surface area contributed by atoms with E-state index in [1.807, 2.05) is 32.0 Å². The van der Waals surface area contributed by atoms with E-state index in [1.54, 1.807) is 25.5 Å². The third-order valence-electron chi connectivity index (χ3n) is 4.38. The zero-order valence-electron chi connectivity index (χ0n) is 16.5. The molecule has 0 radical (unpaired) electrons. The molecule has 29 heavy (non-hydrogen) atoms. The Bertz CT molecular complexity index is 1030. The molecule has 6 nitrogen and oxygen atoms in total. The molecular weight excluding hydrogens is 481 g/mol. The van der Waals surface area contributed by atoms with Crippen LogP contribution in [-0.2, 0) is 4.79 Å². The second-order valence-electron chi connectivity index (χ2n) is 6.37. The van der Waals surface area contributed by atoms with Gasteiger partial charge in [0.1, 0.15) is 0 Å². The first kappa shape index (κ1) is 20.9. The number of carbonyl (C=O) groups excluding carboxylic acids is 1. The predicted octanol–water partition coefficient (Wildman–Crippen LogP) is 4.24. The van der Waals surface area contributed by atoms with Gasteiger partial charge in [0, 0.05) is 26.2 Å². The average Bonchev–Trinajstić information content (AvgIpc) is 3.00. The van der Waals surface area contributed by atoms with Crippen molar-refractivity contribution in [3.05, 3.63) is 75.1 Å². The third kappa shape index (κ3) is 5.17. The summed E-state index contributed by atoms with van der Waals surface area (Å²) in [4.78, 5) is 12.0. The Morgan fingerprint density at radius 3 is 2.52 bits per heavy atom. The lowest BCUT2D eigenvalue weighted by molar-refractivity contribution is -0.123. The van der Waals surface area contributed by atoms with Gasteiger partial charge in [0.15, 0.2) is 18.1 Å². The second-order valence-corrected chi connectivity index (χ2v) is 7.62. The summed E-state index contributed by atoms with van der Waals surface area (Å²) < 4.78 is 14.0. The number of hydrazone groups is 1. The van der Waals surface area contributed by atoms with Crippen molar-refractivity contribution in [2.24, 2.45) is 5.10 Å². The number of nitrogens with one attached hydrogen (secondary N) is 1. The number of aryl methyl sites for hydroxylation is 1. The van der Waals surface area contributed by atoms with Crippen molar-refractivity contribution in [1.29, 1.82) is 0 Å². The van der Waals surface area contributed by atoms with Gasteiger partial charge < -0.3 is 14.0 Å². The Hall–Kier alpha value is -2.81. The Morgan fingerprint density at radius 1 is 1.14 bits per heavy atom. The Kier molecular flexibility index (Phi) is 6.92. The predicted molar refractivity (Wildman–Crippen MR) is 122 cm³/mol. The molecule has 7 heteroatoms. The molecule has 1 aromatic heterocycles. The van der Waals surface area contributed by atoms with Gasteiger partial charge in [0.05, 0.1) is 13.3 Å². The van der Waals surface area contributed by atoms with Crippen molar-refractivity contribution in [3.63, 3.8) is 0 Å². The highest BCUT2D eigenvalue weighted by Crippen LogP contribution is 2.25. The number of carbonyl (C=O) groups is 1. The molecule has 0 aliphatic rings. The molecule has 1 amide bonds. The molecule has 0 bridgehead atoms. The first-order chi connectivity index (χ1) is 14.0. The summed E-state index contributed by atoms with van der Waals surface area (Å²) in [5.41, 5.74) is 6.67. The van der Waals surface area contributed by atoms with E-state index in [1.165, 1.54) is 3.57 Å². The molecule has 0 aliphatic heterocycles. The Morgan fingerprint density at radius 2 is 1.83 bits per heavy atom. The van der Waals surface area contributed by atoms with Crippen LogP contribution in [0.1, 0.15) is 17.0 Å². The molecule has 0 spiro atoms. The zero-order chi connectivity index (χ0) is 20.8. The van der Waals surface area contributed by atoms with Crippen LogP contribution < -0.4 is 14.9 Å². The minimum atomic E-state index is -0.349. The van der Waals surface area contributed by atoms with Crippen LogP contribution in [0.15, 0.2) is 59.7 Å². The van der Waals surface area contributed by atoms with Gasteiger partial charge in [0.2, 0.25) is 0 Å². The summed E-state index contributed by atoms with van der Waals surface area (Å²) >= 11 is 2.29. The van der Waals surface area contributed by atoms with E-state index in [0.717, 1.165) is 22.6 Å². The number of ether oxygens (including phenoxy) is 2. The summed E-state index contributed by atoms with van der Waals surface area (Å²) in [7, 11) is 1.55. The van der Waals surface area contributed by atoms with Crippen LogP contribution in [0.5, 0.6) is 11.5 Å². The van der Waals surface area contributed by atoms with E-state index in [4.69, 9.17) is 9.47 Å². The number of hydrogen-bond acceptors (Lipinski definition) is 4. The number of amides is 1. The number of aromatic nitrogens is 1. The van der Waals surface area contributed by atoms with Gasteiger partial charge in [-0.2, -0.15) is 5.10 Å². The maximum atomic E-state index is 12.0. The van der Waals surface area contributed by atoms with Crippen LogP contribution in [0.4, 0.5) is 0 Å². The van der Waals surface area contributed by atoms with Gasteiger partial charge in [-0.25, -0.2) is 5.43 Å². The van der Waals surface area contributed by atoms with Gasteiger partial charge in [-0.05, 0) is 78.9 Å². The SMILES string of the molecule is COc1ccccc1OCC(=O)N/N=C/c1cc(C)n(-c2ccc(I)cc2)c1C. The number of nitrogens with zero attached hydrogens (tertiary/aromatic N) is 2. The van der Waals surface area contributed by atoms with Crippen molar-refractivity contribution in [2.45, 2.75) is 13.8 Å². The highest BCUT2D eigenvalue weighted by atomic mass is 127. The topological polar surface area (TPSA) is 64.8 Å². The third-order valence-corrected chi connectivity index (χ3v) is 5.09. The lowest BCUT2D eigenvalue weighted by atomic mass is 10.2. The van der Waals surface area contributed by atoms with Crippen LogP contribution in [0.2, 0.25) is 0 Å². The fourth-order valence-corrected chi connectivity index (χ4v) is 3.35. The lowest BCUT2D eigenvalue weighted by Gasteiger charge is -2.09. The van der Waals surface area contributed by atoms with Gasteiger partial charge in [-0.1, -0.05) is 12.1 Å². The Labute approximate surface area is 183 Å². The maximum absolute atomic E-state index is 12.0. The smallest absolute Gasteiger partial charge is 0.277 e. The van der Waals surface area contributed by atoms with Crippen molar-refractivity contribution < 1.29 is 14.3 Å². The van der Waals surface area contributed by atoms with E-state index in [-0.39, 0.29) is 12.5 Å². The number of methoxy groups -OCH3 is 1. The molecule has 0 unspecified atom stereocenters. The zero-order valence-corrected chi connectivity index (χ0v) is 18.6. The van der Waals surface area contributed by atoms with E-state index in [9.17, 15) is 4.79 Å². The number of benzene rings is 2. The van der Waals surface area contributed by atoms with Gasteiger partial charge in [-0.15, -0.1) is 0 Å². The number of halogens is 1. The molecular formula is C22H22IN3O3. The first-order valence-corrected chi connectivity index (χ1v) is 10.1. The number of rotatable bonds is 7. The molecule has 2 aromatic carbocycles. The summed E-state index contributed by atoms with van der Waals surface area (Å²) in [6, 6.07) is 17.5. The summed E-state index contributed by atoms with van der Waals surface area (Å²) in [5, 5.41) is 4.07. The van der Waals surface area contributed by atoms with Crippen LogP contribution in [0, 0.1) is 17.4 Å². The van der Waals surface area contributed by atoms with E-state index in [0.29, 0.717) is 11.5 Å². The van der Waals surface area contributed by atoms with Crippen LogP contribution in [0.25, 0.3) is 5.69 Å². The minimum Gasteiger partial charge on any atom is -0.493 e. The number of para-hydroxylation sites is 2. The lowest BCUT2D eigenvalue weighted by Crippen LogP contribution is -2.24. The first-order valence-electron chi connectivity index (χ1n) is 9.02. The maximum Gasteiger partial charge on any atom is 0.277 e. The summed E-state index contributed by atoms with van der Waals surface area (Å²) in [5.74, 6) is 0.737. The highest BCUT2D eigenvalue weighted by Gasteiger charge is 2.10. The van der Waals surface area contributed by atoms with Crippen LogP contribution in [-0.4, -0.2) is 30.4 Å². The van der Waals surface area contributed by atoms with E-state index < -0.39 is 0 Å². The van der Waals surface area contributed by atoms with Gasteiger partial charge >= 0.3 is 0 Å². The summed E-state index contributed by atoms with van der Waals surface area (Å²) in [6.45, 7) is 3.92. The van der Waals surface area contributed by atoms with Crippen LogP contribution >= 0.6 is 22.6 Å². The monoisotopic (exact) mass is 503 g/mol. The van der Waals surface area contributed by atoms with Gasteiger partial charge in [0.25, 0.3) is 5.91 Å². The molecule has 1 heterocycles. The molecule has 0 atom stereocenters. The molecule has 0 saturated heterocycles. The van der Waals surface area contributed by atoms with Crippen molar-refractivity contribution in [3.8, 4) is 17.2 Å². The molecule has 3 aromatic rings. The molecule has 3 rings (SSSR count). The van der Waals surface area contributed by atoms with Crippen molar-refractivity contribution >= 4 is 34.7 Å². The second kappa shape index (κ2) is 9.60.